The molecule has 4 rings (SSSR count). The summed E-state index contributed by atoms with van der Waals surface area (Å²) in [4.78, 5) is 40.9. The minimum absolute atomic E-state index is 0.00856. The van der Waals surface area contributed by atoms with Crippen LogP contribution in [-0.2, 0) is 20.8 Å². The molecule has 6 nitrogen and oxygen atoms in total. The molecule has 1 aromatic rings. The van der Waals surface area contributed by atoms with Gasteiger partial charge in [0.25, 0.3) is 0 Å². The Balaban J connectivity index is 1.28. The van der Waals surface area contributed by atoms with Crippen LogP contribution in [0.4, 0.5) is 5.69 Å². The van der Waals surface area contributed by atoms with Crippen LogP contribution in [0.5, 0.6) is 0 Å². The van der Waals surface area contributed by atoms with E-state index in [0.717, 1.165) is 50.9 Å². The Kier molecular flexibility index (Phi) is 5.38. The van der Waals surface area contributed by atoms with Gasteiger partial charge >= 0.3 is 0 Å². The molecule has 1 atom stereocenters. The number of carbonyl (C=O) groups excluding carboxylic acids is 3. The van der Waals surface area contributed by atoms with E-state index in [1.54, 1.807) is 4.90 Å². The van der Waals surface area contributed by atoms with Crippen LogP contribution >= 0.6 is 0 Å². The summed E-state index contributed by atoms with van der Waals surface area (Å²) in [6.45, 7) is 3.98. The summed E-state index contributed by atoms with van der Waals surface area (Å²) < 4.78 is 0. The summed E-state index contributed by atoms with van der Waals surface area (Å²) in [6, 6.07) is 8.09. The first-order valence-electron chi connectivity index (χ1n) is 10.5. The van der Waals surface area contributed by atoms with E-state index in [4.69, 9.17) is 0 Å². The van der Waals surface area contributed by atoms with Crippen molar-refractivity contribution in [2.24, 2.45) is 11.8 Å². The van der Waals surface area contributed by atoms with Crippen molar-refractivity contribution in [3.63, 3.8) is 0 Å². The van der Waals surface area contributed by atoms with Crippen molar-refractivity contribution in [3.8, 4) is 0 Å². The topological polar surface area (TPSA) is 69.7 Å². The SMILES string of the molecule is CCc1ccc(N2CC(C(=O)NC3CCN(C(=O)C4CC4)CC3)CC2=O)cc1. The van der Waals surface area contributed by atoms with Gasteiger partial charge in [0.15, 0.2) is 0 Å². The summed E-state index contributed by atoms with van der Waals surface area (Å²) in [6.07, 6.45) is 4.89. The lowest BCUT2D eigenvalue weighted by Gasteiger charge is -2.33. The van der Waals surface area contributed by atoms with E-state index >= 15 is 0 Å². The van der Waals surface area contributed by atoms with E-state index in [1.807, 2.05) is 29.2 Å². The molecule has 1 saturated carbocycles. The number of hydrogen-bond acceptors (Lipinski definition) is 3. The normalized spacial score (nSPS) is 23.2. The maximum Gasteiger partial charge on any atom is 0.227 e. The number of hydrogen-bond donors (Lipinski definition) is 1. The Morgan fingerprint density at radius 2 is 1.71 bits per heavy atom. The number of nitrogens with one attached hydrogen (secondary N) is 1. The van der Waals surface area contributed by atoms with Gasteiger partial charge in [0.05, 0.1) is 5.92 Å². The van der Waals surface area contributed by atoms with Crippen LogP contribution in [0.2, 0.25) is 0 Å². The van der Waals surface area contributed by atoms with E-state index in [1.165, 1.54) is 5.56 Å². The minimum atomic E-state index is -0.301. The zero-order valence-corrected chi connectivity index (χ0v) is 16.5. The number of benzene rings is 1. The molecule has 0 bridgehead atoms. The van der Waals surface area contributed by atoms with Gasteiger partial charge in [-0.25, -0.2) is 0 Å². The van der Waals surface area contributed by atoms with Gasteiger partial charge in [-0.3, -0.25) is 14.4 Å². The molecule has 2 heterocycles. The summed E-state index contributed by atoms with van der Waals surface area (Å²) in [5, 5.41) is 3.12. The fourth-order valence-electron chi connectivity index (χ4n) is 4.20. The lowest BCUT2D eigenvalue weighted by atomic mass is 10.0. The Hall–Kier alpha value is -2.37. The molecule has 0 spiro atoms. The van der Waals surface area contributed by atoms with Crippen LogP contribution in [0.15, 0.2) is 24.3 Å². The van der Waals surface area contributed by atoms with E-state index < -0.39 is 0 Å². The van der Waals surface area contributed by atoms with Crippen LogP contribution in [0.1, 0.15) is 44.6 Å². The maximum atomic E-state index is 12.7. The first kappa shape index (κ1) is 19.0. The molecular weight excluding hydrogens is 354 g/mol. The molecule has 1 unspecified atom stereocenters. The molecule has 150 valence electrons. The lowest BCUT2D eigenvalue weighted by Crippen LogP contribution is -2.48. The zero-order chi connectivity index (χ0) is 19.7. The number of nitrogens with zero attached hydrogens (tertiary/aromatic N) is 2. The van der Waals surface area contributed by atoms with Crippen molar-refractivity contribution in [3.05, 3.63) is 29.8 Å². The summed E-state index contributed by atoms with van der Waals surface area (Å²) >= 11 is 0. The van der Waals surface area contributed by atoms with E-state index in [0.29, 0.717) is 6.54 Å². The van der Waals surface area contributed by atoms with Crippen molar-refractivity contribution in [1.29, 1.82) is 0 Å². The highest BCUT2D eigenvalue weighted by Crippen LogP contribution is 2.32. The van der Waals surface area contributed by atoms with Crippen molar-refractivity contribution in [1.82, 2.24) is 10.2 Å². The smallest absolute Gasteiger partial charge is 0.227 e. The average molecular weight is 383 g/mol. The van der Waals surface area contributed by atoms with E-state index in [-0.39, 0.29) is 42.0 Å². The highest BCUT2D eigenvalue weighted by Gasteiger charge is 2.37. The standard InChI is InChI=1S/C22H29N3O3/c1-2-15-3-7-19(8-4-15)25-14-17(13-20(25)26)21(27)23-18-9-11-24(12-10-18)22(28)16-5-6-16/h3-4,7-8,16-18H,2,5-6,9-14H2,1H3,(H,23,27). The van der Waals surface area contributed by atoms with Gasteiger partial charge in [-0.15, -0.1) is 0 Å². The second-order valence-electron chi connectivity index (χ2n) is 8.31. The number of likely N-dealkylation sites (tertiary alicyclic amines) is 1. The molecule has 1 aromatic carbocycles. The fraction of sp³-hybridized carbons (Fsp3) is 0.591. The molecule has 28 heavy (non-hydrogen) atoms. The summed E-state index contributed by atoms with van der Waals surface area (Å²) in [5.41, 5.74) is 2.10. The first-order valence-corrected chi connectivity index (χ1v) is 10.5. The predicted molar refractivity (Wildman–Crippen MR) is 107 cm³/mol. The second kappa shape index (κ2) is 7.94. The average Bonchev–Trinajstić information content (AvgIpc) is 3.50. The Labute approximate surface area is 166 Å². The number of aryl methyl sites for hydroxylation is 1. The van der Waals surface area contributed by atoms with Crippen molar-refractivity contribution in [2.45, 2.75) is 51.5 Å². The first-order chi connectivity index (χ1) is 13.5. The molecule has 6 heteroatoms. The molecule has 2 aliphatic heterocycles. The van der Waals surface area contributed by atoms with Crippen molar-refractivity contribution >= 4 is 23.4 Å². The molecular formula is C22H29N3O3. The van der Waals surface area contributed by atoms with Crippen LogP contribution in [-0.4, -0.2) is 48.3 Å². The third kappa shape index (κ3) is 4.05. The van der Waals surface area contributed by atoms with Gasteiger partial charge in [-0.1, -0.05) is 19.1 Å². The van der Waals surface area contributed by atoms with Gasteiger partial charge in [0.1, 0.15) is 0 Å². The molecule has 3 aliphatic rings. The molecule has 2 saturated heterocycles. The van der Waals surface area contributed by atoms with Crippen LogP contribution in [0.25, 0.3) is 0 Å². The zero-order valence-electron chi connectivity index (χ0n) is 16.5. The van der Waals surface area contributed by atoms with Crippen molar-refractivity contribution < 1.29 is 14.4 Å². The van der Waals surface area contributed by atoms with Crippen LogP contribution in [0.3, 0.4) is 0 Å². The third-order valence-corrected chi connectivity index (χ3v) is 6.23. The van der Waals surface area contributed by atoms with Crippen molar-refractivity contribution in [2.75, 3.05) is 24.5 Å². The number of rotatable bonds is 5. The quantitative estimate of drug-likeness (QED) is 0.847. The van der Waals surface area contributed by atoms with Gasteiger partial charge < -0.3 is 15.1 Å². The molecule has 0 radical (unpaired) electrons. The lowest BCUT2D eigenvalue weighted by molar-refractivity contribution is -0.134. The largest absolute Gasteiger partial charge is 0.353 e. The number of amides is 3. The molecule has 3 amide bonds. The Bertz CT molecular complexity index is 749. The van der Waals surface area contributed by atoms with Gasteiger partial charge in [-0.05, 0) is 49.8 Å². The Morgan fingerprint density at radius 1 is 1.04 bits per heavy atom. The highest BCUT2D eigenvalue weighted by molar-refractivity contribution is 6.00. The fourth-order valence-corrected chi connectivity index (χ4v) is 4.20. The monoisotopic (exact) mass is 383 g/mol. The molecule has 1 aliphatic carbocycles. The number of anilines is 1. The van der Waals surface area contributed by atoms with Gasteiger partial charge in [0.2, 0.25) is 17.7 Å². The summed E-state index contributed by atoms with van der Waals surface area (Å²) in [7, 11) is 0. The number of piperidine rings is 1. The van der Waals surface area contributed by atoms with E-state index in [9.17, 15) is 14.4 Å². The third-order valence-electron chi connectivity index (χ3n) is 6.23. The highest BCUT2D eigenvalue weighted by atomic mass is 16.2. The molecule has 1 N–H and O–H groups in total. The minimum Gasteiger partial charge on any atom is -0.353 e. The Morgan fingerprint density at radius 3 is 2.32 bits per heavy atom. The van der Waals surface area contributed by atoms with E-state index in [2.05, 4.69) is 12.2 Å². The molecule has 3 fully saturated rings. The van der Waals surface area contributed by atoms with Crippen LogP contribution < -0.4 is 10.2 Å². The van der Waals surface area contributed by atoms with Gasteiger partial charge in [-0.2, -0.15) is 0 Å². The predicted octanol–water partition coefficient (Wildman–Crippen LogP) is 2.12. The summed E-state index contributed by atoms with van der Waals surface area (Å²) in [5.74, 6) is 0.218. The van der Waals surface area contributed by atoms with Gasteiger partial charge in [0, 0.05) is 43.7 Å². The number of carbonyl (C=O) groups is 3. The maximum absolute atomic E-state index is 12.7. The molecule has 0 aromatic heterocycles. The second-order valence-corrected chi connectivity index (χ2v) is 8.31. The van der Waals surface area contributed by atoms with Crippen LogP contribution in [0, 0.1) is 11.8 Å².